The Morgan fingerprint density at radius 3 is 3.08 bits per heavy atom. The van der Waals surface area contributed by atoms with E-state index in [1.54, 1.807) is 0 Å². The second kappa shape index (κ2) is 4.84. The average molecular weight is 183 g/mol. The van der Waals surface area contributed by atoms with Crippen molar-refractivity contribution in [3.8, 4) is 0 Å². The van der Waals surface area contributed by atoms with Gasteiger partial charge in [-0.1, -0.05) is 6.92 Å². The number of carbonyl (C=O) groups excluding carboxylic acids is 1. The van der Waals surface area contributed by atoms with Gasteiger partial charge in [-0.3, -0.25) is 9.79 Å². The maximum Gasteiger partial charge on any atom is 0.220 e. The van der Waals surface area contributed by atoms with Crippen molar-refractivity contribution in [2.24, 2.45) is 10.7 Å². The highest BCUT2D eigenvalue weighted by Crippen LogP contribution is 2.07. The summed E-state index contributed by atoms with van der Waals surface area (Å²) < 4.78 is 0. The molecule has 4 heteroatoms. The Morgan fingerprint density at radius 2 is 2.54 bits per heavy atom. The van der Waals surface area contributed by atoms with E-state index in [4.69, 9.17) is 5.73 Å². The Morgan fingerprint density at radius 1 is 1.77 bits per heavy atom. The van der Waals surface area contributed by atoms with Crippen LogP contribution in [0.25, 0.3) is 0 Å². The Hall–Kier alpha value is -1.06. The quantitative estimate of drug-likeness (QED) is 0.492. The molecule has 1 unspecified atom stereocenters. The number of nitrogens with one attached hydrogen (secondary N) is 1. The van der Waals surface area contributed by atoms with Gasteiger partial charge in [-0.2, -0.15) is 0 Å². The second-order valence-corrected chi connectivity index (χ2v) is 3.37. The van der Waals surface area contributed by atoms with E-state index >= 15 is 0 Å². The topological polar surface area (TPSA) is 67.5 Å². The number of rotatable bonds is 3. The van der Waals surface area contributed by atoms with Gasteiger partial charge in [-0.05, 0) is 12.8 Å². The van der Waals surface area contributed by atoms with Gasteiger partial charge in [0.25, 0.3) is 0 Å². The summed E-state index contributed by atoms with van der Waals surface area (Å²) in [5, 5.41) is 2.78. The van der Waals surface area contributed by atoms with Crippen molar-refractivity contribution in [1.82, 2.24) is 5.32 Å². The third-order valence-corrected chi connectivity index (χ3v) is 2.09. The van der Waals surface area contributed by atoms with Crippen LogP contribution >= 0.6 is 0 Å². The molecule has 1 heterocycles. The number of nitrogens with two attached hydrogens (primary N) is 1. The van der Waals surface area contributed by atoms with E-state index in [1.165, 1.54) is 0 Å². The number of hydrogen-bond acceptors (Lipinski definition) is 2. The minimum Gasteiger partial charge on any atom is -0.387 e. The average Bonchev–Trinajstić information content (AvgIpc) is 2.09. The summed E-state index contributed by atoms with van der Waals surface area (Å²) >= 11 is 0. The molecular formula is C9H17N3O. The predicted molar refractivity (Wildman–Crippen MR) is 52.6 cm³/mol. The summed E-state index contributed by atoms with van der Waals surface area (Å²) in [6, 6.07) is 0.198. The molecule has 1 fully saturated rings. The lowest BCUT2D eigenvalue weighted by Gasteiger charge is -2.19. The fourth-order valence-electron chi connectivity index (χ4n) is 1.39. The molecule has 0 aromatic carbocycles. The number of nitrogens with zero attached hydrogens (tertiary/aromatic N) is 1. The van der Waals surface area contributed by atoms with Crippen molar-refractivity contribution in [3.63, 3.8) is 0 Å². The number of carbonyl (C=O) groups is 1. The molecule has 0 saturated carbocycles. The maximum absolute atomic E-state index is 10.8. The van der Waals surface area contributed by atoms with Crippen LogP contribution in [0.2, 0.25) is 0 Å². The highest BCUT2D eigenvalue weighted by Gasteiger charge is 2.16. The fraction of sp³-hybridized carbons (Fsp3) is 0.778. The molecule has 1 saturated heterocycles. The van der Waals surface area contributed by atoms with E-state index in [-0.39, 0.29) is 11.9 Å². The summed E-state index contributed by atoms with van der Waals surface area (Å²) in [5.74, 6) is 0.837. The predicted octanol–water partition coefficient (Wildman–Crippen LogP) is 0.422. The number of hydrogen-bond donors (Lipinski definition) is 2. The van der Waals surface area contributed by atoms with Crippen LogP contribution in [0.3, 0.4) is 0 Å². The Balaban J connectivity index is 2.36. The zero-order valence-corrected chi connectivity index (χ0v) is 8.05. The van der Waals surface area contributed by atoms with Crippen molar-refractivity contribution in [2.45, 2.75) is 38.6 Å². The lowest BCUT2D eigenvalue weighted by Crippen LogP contribution is -2.38. The van der Waals surface area contributed by atoms with Crippen molar-refractivity contribution in [1.29, 1.82) is 0 Å². The first-order valence-corrected chi connectivity index (χ1v) is 4.81. The number of aliphatic imine (C=N–C) groups is 1. The standard InChI is InChI=1S/C9H17N3O/c1-2-3-8(10)12-7-4-5-9(13)11-6-7/h7H,2-6H2,1H3,(H2,10,12)(H,11,13). The second-order valence-electron chi connectivity index (χ2n) is 3.37. The molecule has 0 aromatic heterocycles. The zero-order valence-electron chi connectivity index (χ0n) is 8.05. The molecule has 1 aliphatic heterocycles. The van der Waals surface area contributed by atoms with Crippen molar-refractivity contribution >= 4 is 11.7 Å². The number of amides is 1. The maximum atomic E-state index is 10.8. The molecule has 0 bridgehead atoms. The molecule has 1 rings (SSSR count). The van der Waals surface area contributed by atoms with Crippen LogP contribution in [0.4, 0.5) is 0 Å². The van der Waals surface area contributed by atoms with E-state index < -0.39 is 0 Å². The first-order valence-electron chi connectivity index (χ1n) is 4.81. The monoisotopic (exact) mass is 183 g/mol. The molecule has 1 amide bonds. The molecule has 0 radical (unpaired) electrons. The number of amidine groups is 1. The van der Waals surface area contributed by atoms with Gasteiger partial charge in [0.05, 0.1) is 11.9 Å². The molecule has 74 valence electrons. The summed E-state index contributed by atoms with van der Waals surface area (Å²) in [6.45, 7) is 2.72. The van der Waals surface area contributed by atoms with Gasteiger partial charge in [-0.15, -0.1) is 0 Å². The smallest absolute Gasteiger partial charge is 0.220 e. The Bertz CT molecular complexity index is 203. The van der Waals surface area contributed by atoms with Crippen LogP contribution in [0.5, 0.6) is 0 Å². The summed E-state index contributed by atoms with van der Waals surface area (Å²) in [5.41, 5.74) is 5.69. The minimum absolute atomic E-state index is 0.125. The molecule has 13 heavy (non-hydrogen) atoms. The molecule has 4 nitrogen and oxygen atoms in total. The molecule has 3 N–H and O–H groups in total. The molecule has 0 spiro atoms. The van der Waals surface area contributed by atoms with Gasteiger partial charge < -0.3 is 11.1 Å². The van der Waals surface area contributed by atoms with Gasteiger partial charge >= 0.3 is 0 Å². The minimum atomic E-state index is 0.125. The van der Waals surface area contributed by atoms with Gasteiger partial charge in [0, 0.05) is 19.4 Å². The summed E-state index contributed by atoms with van der Waals surface area (Å²) in [4.78, 5) is 15.2. The highest BCUT2D eigenvalue weighted by molar-refractivity contribution is 5.81. The van der Waals surface area contributed by atoms with E-state index in [2.05, 4.69) is 17.2 Å². The Labute approximate surface area is 78.6 Å². The lowest BCUT2D eigenvalue weighted by atomic mass is 10.1. The van der Waals surface area contributed by atoms with E-state index in [9.17, 15) is 4.79 Å². The van der Waals surface area contributed by atoms with Gasteiger partial charge in [0.2, 0.25) is 5.91 Å². The first-order chi connectivity index (χ1) is 6.22. The van der Waals surface area contributed by atoms with E-state index in [0.717, 1.165) is 19.3 Å². The van der Waals surface area contributed by atoms with E-state index in [1.807, 2.05) is 0 Å². The summed E-state index contributed by atoms with van der Waals surface area (Å²) in [7, 11) is 0. The lowest BCUT2D eigenvalue weighted by molar-refractivity contribution is -0.122. The van der Waals surface area contributed by atoms with Crippen LogP contribution in [-0.2, 0) is 4.79 Å². The molecular weight excluding hydrogens is 166 g/mol. The van der Waals surface area contributed by atoms with Crippen LogP contribution in [0, 0.1) is 0 Å². The first kappa shape index (κ1) is 10.0. The molecule has 1 atom stereocenters. The van der Waals surface area contributed by atoms with Gasteiger partial charge in [0.1, 0.15) is 0 Å². The Kier molecular flexibility index (Phi) is 3.73. The van der Waals surface area contributed by atoms with Crippen molar-refractivity contribution in [3.05, 3.63) is 0 Å². The SMILES string of the molecule is CCCC(N)=NC1CCC(=O)NC1. The fourth-order valence-corrected chi connectivity index (χ4v) is 1.39. The van der Waals surface area contributed by atoms with Crippen LogP contribution in [0.1, 0.15) is 32.6 Å². The van der Waals surface area contributed by atoms with Crippen LogP contribution in [-0.4, -0.2) is 24.3 Å². The highest BCUT2D eigenvalue weighted by atomic mass is 16.1. The molecule has 1 aliphatic rings. The third kappa shape index (κ3) is 3.44. The largest absolute Gasteiger partial charge is 0.387 e. The zero-order chi connectivity index (χ0) is 9.68. The number of piperidine rings is 1. The van der Waals surface area contributed by atoms with E-state index in [0.29, 0.717) is 18.8 Å². The van der Waals surface area contributed by atoms with Crippen LogP contribution in [0.15, 0.2) is 4.99 Å². The normalized spacial score (nSPS) is 24.2. The summed E-state index contributed by atoms with van der Waals surface area (Å²) in [6.07, 6.45) is 3.28. The van der Waals surface area contributed by atoms with Gasteiger partial charge in [0.15, 0.2) is 0 Å². The third-order valence-electron chi connectivity index (χ3n) is 2.09. The van der Waals surface area contributed by atoms with Crippen molar-refractivity contribution in [2.75, 3.05) is 6.54 Å². The molecule has 0 aliphatic carbocycles. The van der Waals surface area contributed by atoms with Crippen molar-refractivity contribution < 1.29 is 4.79 Å². The van der Waals surface area contributed by atoms with Crippen LogP contribution < -0.4 is 11.1 Å². The molecule has 0 aromatic rings. The van der Waals surface area contributed by atoms with Gasteiger partial charge in [-0.25, -0.2) is 0 Å².